The molecule has 5 atom stereocenters. The van der Waals surface area contributed by atoms with Gasteiger partial charge in [-0.15, -0.1) is 0 Å². The topological polar surface area (TPSA) is 83.6 Å². The van der Waals surface area contributed by atoms with E-state index in [4.69, 9.17) is 10.8 Å². The van der Waals surface area contributed by atoms with Gasteiger partial charge in [0, 0.05) is 25.6 Å². The minimum atomic E-state index is -0.742. The average molecular weight is 294 g/mol. The molecular formula is C16H26N2O3. The van der Waals surface area contributed by atoms with Crippen LogP contribution in [-0.2, 0) is 9.59 Å². The van der Waals surface area contributed by atoms with Gasteiger partial charge in [0.1, 0.15) is 0 Å². The smallest absolute Gasteiger partial charge is 0.303 e. The molecule has 118 valence electrons. The summed E-state index contributed by atoms with van der Waals surface area (Å²) in [5, 5.41) is 8.80. The summed E-state index contributed by atoms with van der Waals surface area (Å²) in [5.74, 6) is 0.923. The van der Waals surface area contributed by atoms with E-state index in [1.807, 2.05) is 4.90 Å². The number of carboxylic acid groups (broad SMARTS) is 1. The van der Waals surface area contributed by atoms with E-state index in [-0.39, 0.29) is 24.3 Å². The molecule has 5 heteroatoms. The Bertz CT molecular complexity index is 424. The lowest BCUT2D eigenvalue weighted by molar-refractivity contribution is -0.139. The summed E-state index contributed by atoms with van der Waals surface area (Å²) in [6, 6.07) is 0.0515. The van der Waals surface area contributed by atoms with Gasteiger partial charge in [-0.2, -0.15) is 0 Å². The molecule has 3 rings (SSSR count). The molecule has 3 fully saturated rings. The van der Waals surface area contributed by atoms with Crippen LogP contribution < -0.4 is 5.73 Å². The van der Waals surface area contributed by atoms with E-state index in [0.29, 0.717) is 24.2 Å². The average Bonchev–Trinajstić information content (AvgIpc) is 3.05. The van der Waals surface area contributed by atoms with Crippen molar-refractivity contribution in [2.75, 3.05) is 13.1 Å². The lowest BCUT2D eigenvalue weighted by atomic mass is 9.83. The second-order valence-electron chi connectivity index (χ2n) is 7.16. The zero-order chi connectivity index (χ0) is 15.0. The van der Waals surface area contributed by atoms with Gasteiger partial charge in [-0.25, -0.2) is 0 Å². The van der Waals surface area contributed by atoms with E-state index in [0.717, 1.165) is 38.8 Å². The fourth-order valence-electron chi connectivity index (χ4n) is 4.74. The number of amides is 1. The molecular weight excluding hydrogens is 268 g/mol. The Morgan fingerprint density at radius 1 is 1.19 bits per heavy atom. The maximum absolute atomic E-state index is 12.8. The van der Waals surface area contributed by atoms with Crippen LogP contribution in [0.1, 0.15) is 44.9 Å². The van der Waals surface area contributed by atoms with Crippen LogP contribution in [0.4, 0.5) is 0 Å². The lowest BCUT2D eigenvalue weighted by Gasteiger charge is -2.37. The fourth-order valence-corrected chi connectivity index (χ4v) is 4.74. The van der Waals surface area contributed by atoms with Crippen LogP contribution in [0.3, 0.4) is 0 Å². The Kier molecular flexibility index (Phi) is 4.20. The summed E-state index contributed by atoms with van der Waals surface area (Å²) in [7, 11) is 0. The summed E-state index contributed by atoms with van der Waals surface area (Å²) in [6.45, 7) is 1.55. The van der Waals surface area contributed by atoms with Gasteiger partial charge < -0.3 is 15.7 Å². The molecule has 0 radical (unpaired) electrons. The zero-order valence-corrected chi connectivity index (χ0v) is 12.5. The SMILES string of the molecule is NC1C2CCC(C2)C1C(=O)N1CCCC(CCC(=O)O)C1. The maximum atomic E-state index is 12.8. The van der Waals surface area contributed by atoms with Gasteiger partial charge in [-0.3, -0.25) is 9.59 Å². The number of nitrogens with zero attached hydrogens (tertiary/aromatic N) is 1. The Labute approximate surface area is 125 Å². The van der Waals surface area contributed by atoms with Gasteiger partial charge in [-0.1, -0.05) is 0 Å². The maximum Gasteiger partial charge on any atom is 0.303 e. The molecule has 1 amide bonds. The van der Waals surface area contributed by atoms with E-state index in [9.17, 15) is 9.59 Å². The Morgan fingerprint density at radius 2 is 1.95 bits per heavy atom. The highest BCUT2D eigenvalue weighted by molar-refractivity contribution is 5.80. The van der Waals surface area contributed by atoms with Crippen molar-refractivity contribution < 1.29 is 14.7 Å². The molecule has 5 nitrogen and oxygen atoms in total. The van der Waals surface area contributed by atoms with Gasteiger partial charge >= 0.3 is 5.97 Å². The summed E-state index contributed by atoms with van der Waals surface area (Å²) in [4.78, 5) is 25.5. The first-order valence-corrected chi connectivity index (χ1v) is 8.32. The number of aliphatic carboxylic acids is 1. The molecule has 1 heterocycles. The molecule has 1 saturated heterocycles. The summed E-state index contributed by atoms with van der Waals surface area (Å²) >= 11 is 0. The van der Waals surface area contributed by atoms with Crippen molar-refractivity contribution in [2.45, 2.75) is 51.0 Å². The van der Waals surface area contributed by atoms with E-state index in [2.05, 4.69) is 0 Å². The number of piperidine rings is 1. The number of nitrogens with two attached hydrogens (primary N) is 1. The number of hydrogen-bond donors (Lipinski definition) is 2. The minimum absolute atomic E-state index is 0.0296. The highest BCUT2D eigenvalue weighted by atomic mass is 16.4. The van der Waals surface area contributed by atoms with Crippen LogP contribution in [0, 0.1) is 23.7 Å². The van der Waals surface area contributed by atoms with Crippen molar-refractivity contribution in [3.63, 3.8) is 0 Å². The fraction of sp³-hybridized carbons (Fsp3) is 0.875. The molecule has 3 N–H and O–H groups in total. The predicted molar refractivity (Wildman–Crippen MR) is 78.5 cm³/mol. The number of rotatable bonds is 4. The van der Waals surface area contributed by atoms with Gasteiger partial charge in [0.25, 0.3) is 0 Å². The number of carbonyl (C=O) groups excluding carboxylic acids is 1. The molecule has 0 spiro atoms. The highest BCUT2D eigenvalue weighted by Crippen LogP contribution is 2.48. The number of carboxylic acids is 1. The number of carbonyl (C=O) groups is 2. The number of likely N-dealkylation sites (tertiary alicyclic amines) is 1. The summed E-state index contributed by atoms with van der Waals surface area (Å²) in [5.41, 5.74) is 6.28. The third-order valence-corrected chi connectivity index (χ3v) is 5.86. The van der Waals surface area contributed by atoms with Crippen LogP contribution in [0.5, 0.6) is 0 Å². The van der Waals surface area contributed by atoms with Crippen molar-refractivity contribution >= 4 is 11.9 Å². The first-order chi connectivity index (χ1) is 10.1. The zero-order valence-electron chi connectivity index (χ0n) is 12.5. The molecule has 21 heavy (non-hydrogen) atoms. The van der Waals surface area contributed by atoms with E-state index in [1.54, 1.807) is 0 Å². The van der Waals surface area contributed by atoms with Crippen molar-refractivity contribution in [3.05, 3.63) is 0 Å². The predicted octanol–water partition coefficient (Wildman–Crippen LogP) is 1.46. The van der Waals surface area contributed by atoms with Crippen molar-refractivity contribution in [1.29, 1.82) is 0 Å². The van der Waals surface area contributed by atoms with Gasteiger partial charge in [0.2, 0.25) is 5.91 Å². The van der Waals surface area contributed by atoms with E-state index < -0.39 is 5.97 Å². The second kappa shape index (κ2) is 5.95. The van der Waals surface area contributed by atoms with E-state index >= 15 is 0 Å². The van der Waals surface area contributed by atoms with Crippen molar-refractivity contribution in [1.82, 2.24) is 4.90 Å². The van der Waals surface area contributed by atoms with Crippen LogP contribution in [0.15, 0.2) is 0 Å². The number of fused-ring (bicyclic) bond motifs is 2. The quantitative estimate of drug-likeness (QED) is 0.822. The monoisotopic (exact) mass is 294 g/mol. The molecule has 2 aliphatic carbocycles. The third kappa shape index (κ3) is 2.93. The van der Waals surface area contributed by atoms with Gasteiger partial charge in [-0.05, 0) is 56.3 Å². The molecule has 1 aliphatic heterocycles. The molecule has 5 unspecified atom stereocenters. The second-order valence-corrected chi connectivity index (χ2v) is 7.16. The van der Waals surface area contributed by atoms with Crippen LogP contribution >= 0.6 is 0 Å². The van der Waals surface area contributed by atoms with E-state index in [1.165, 1.54) is 6.42 Å². The lowest BCUT2D eigenvalue weighted by Crippen LogP contribution is -2.49. The minimum Gasteiger partial charge on any atom is -0.481 e. The van der Waals surface area contributed by atoms with Crippen LogP contribution in [0.2, 0.25) is 0 Å². The molecule has 2 bridgehead atoms. The summed E-state index contributed by atoms with van der Waals surface area (Å²) in [6.07, 6.45) is 6.41. The third-order valence-electron chi connectivity index (χ3n) is 5.86. The Hall–Kier alpha value is -1.10. The standard InChI is InChI=1S/C16H26N2O3/c17-15-12-5-4-11(8-12)14(15)16(21)18-7-1-2-10(9-18)3-6-13(19)20/h10-12,14-15H,1-9,17H2,(H,19,20). The van der Waals surface area contributed by atoms with Crippen LogP contribution in [-0.4, -0.2) is 41.0 Å². The highest BCUT2D eigenvalue weighted by Gasteiger charge is 2.50. The molecule has 3 aliphatic rings. The van der Waals surface area contributed by atoms with Gasteiger partial charge in [0.15, 0.2) is 0 Å². The molecule has 0 aromatic heterocycles. The first kappa shape index (κ1) is 14.8. The van der Waals surface area contributed by atoms with Crippen molar-refractivity contribution in [2.24, 2.45) is 29.4 Å². The Balaban J connectivity index is 1.58. The molecule has 0 aromatic carbocycles. The molecule has 0 aromatic rings. The first-order valence-electron chi connectivity index (χ1n) is 8.32. The normalized spacial score (nSPS) is 38.7. The Morgan fingerprint density at radius 3 is 2.62 bits per heavy atom. The largest absolute Gasteiger partial charge is 0.481 e. The summed E-state index contributed by atoms with van der Waals surface area (Å²) < 4.78 is 0. The van der Waals surface area contributed by atoms with Crippen LogP contribution in [0.25, 0.3) is 0 Å². The number of hydrogen-bond acceptors (Lipinski definition) is 3. The molecule has 2 saturated carbocycles. The van der Waals surface area contributed by atoms with Gasteiger partial charge in [0.05, 0.1) is 5.92 Å². The van der Waals surface area contributed by atoms with Crippen molar-refractivity contribution in [3.8, 4) is 0 Å².